The van der Waals surface area contributed by atoms with Crippen LogP contribution in [0.15, 0.2) is 30.3 Å². The maximum absolute atomic E-state index is 11.6. The van der Waals surface area contributed by atoms with Crippen LogP contribution >= 0.6 is 11.6 Å². The number of benzene rings is 1. The molecule has 0 atom stereocenters. The van der Waals surface area contributed by atoms with Gasteiger partial charge >= 0.3 is 6.01 Å². The Kier molecular flexibility index (Phi) is 4.15. The predicted molar refractivity (Wildman–Crippen MR) is 72.1 cm³/mol. The first-order valence-corrected chi connectivity index (χ1v) is 5.76. The van der Waals surface area contributed by atoms with Crippen molar-refractivity contribution in [3.8, 4) is 6.01 Å². The van der Waals surface area contributed by atoms with Gasteiger partial charge in [0.05, 0.1) is 7.11 Å². The lowest BCUT2D eigenvalue weighted by Gasteiger charge is -1.96. The molecule has 0 bridgehead atoms. The zero-order valence-corrected chi connectivity index (χ0v) is 10.8. The molecule has 6 nitrogen and oxygen atoms in total. The van der Waals surface area contributed by atoms with Crippen LogP contribution in [0.4, 0.5) is 5.95 Å². The Labute approximate surface area is 114 Å². The van der Waals surface area contributed by atoms with Crippen molar-refractivity contribution >= 4 is 29.5 Å². The summed E-state index contributed by atoms with van der Waals surface area (Å²) in [7, 11) is 1.44. The minimum Gasteiger partial charge on any atom is -0.466 e. The highest BCUT2D eigenvalue weighted by atomic mass is 35.5. The van der Waals surface area contributed by atoms with E-state index in [-0.39, 0.29) is 17.9 Å². The maximum atomic E-state index is 11.6. The number of hydrogen-bond acceptors (Lipinski definition) is 4. The zero-order valence-electron chi connectivity index (χ0n) is 10.1. The lowest BCUT2D eigenvalue weighted by Crippen LogP contribution is -2.09. The van der Waals surface area contributed by atoms with E-state index in [1.54, 1.807) is 24.3 Å². The predicted octanol–water partition coefficient (Wildman–Crippen LogP) is 2.12. The molecule has 0 saturated heterocycles. The molecule has 1 aromatic carbocycles. The van der Waals surface area contributed by atoms with Crippen LogP contribution in [0.1, 0.15) is 5.56 Å². The first kappa shape index (κ1) is 13.1. The number of H-pyrrole nitrogens is 1. The number of amides is 1. The third kappa shape index (κ3) is 3.82. The van der Waals surface area contributed by atoms with Gasteiger partial charge in [-0.05, 0) is 23.8 Å². The van der Waals surface area contributed by atoms with E-state index in [1.165, 1.54) is 13.2 Å². The second-order valence-corrected chi connectivity index (χ2v) is 3.98. The largest absolute Gasteiger partial charge is 0.466 e. The lowest BCUT2D eigenvalue weighted by atomic mass is 10.2. The highest BCUT2D eigenvalue weighted by Crippen LogP contribution is 2.12. The van der Waals surface area contributed by atoms with E-state index < -0.39 is 0 Å². The summed E-state index contributed by atoms with van der Waals surface area (Å²) in [6.07, 6.45) is 3.02. The topological polar surface area (TPSA) is 79.9 Å². The van der Waals surface area contributed by atoms with Gasteiger partial charge in [0.15, 0.2) is 0 Å². The minimum atomic E-state index is -0.334. The van der Waals surface area contributed by atoms with E-state index in [1.807, 2.05) is 6.07 Å². The highest BCUT2D eigenvalue weighted by Gasteiger charge is 2.04. The van der Waals surface area contributed by atoms with Crippen LogP contribution < -0.4 is 10.1 Å². The number of nitrogens with one attached hydrogen (secondary N) is 2. The Morgan fingerprint density at radius 1 is 1.53 bits per heavy atom. The molecule has 1 heterocycles. The SMILES string of the molecule is COc1n[nH]c(NC(=O)/C=C/c2cccc(Cl)c2)n1. The average molecular weight is 279 g/mol. The van der Waals surface area contributed by atoms with Gasteiger partial charge < -0.3 is 4.74 Å². The van der Waals surface area contributed by atoms with Crippen LogP contribution in [0.5, 0.6) is 6.01 Å². The summed E-state index contributed by atoms with van der Waals surface area (Å²) in [6, 6.07) is 7.32. The van der Waals surface area contributed by atoms with E-state index in [0.29, 0.717) is 5.02 Å². The molecule has 0 aliphatic rings. The van der Waals surface area contributed by atoms with Crippen molar-refractivity contribution in [1.29, 1.82) is 0 Å². The van der Waals surface area contributed by atoms with Crippen molar-refractivity contribution < 1.29 is 9.53 Å². The molecule has 0 saturated carbocycles. The smallest absolute Gasteiger partial charge is 0.336 e. The van der Waals surface area contributed by atoms with E-state index in [0.717, 1.165) is 5.56 Å². The van der Waals surface area contributed by atoms with Crippen molar-refractivity contribution in [3.05, 3.63) is 40.9 Å². The molecule has 2 N–H and O–H groups in total. The molecule has 0 radical (unpaired) electrons. The van der Waals surface area contributed by atoms with Crippen molar-refractivity contribution in [1.82, 2.24) is 15.2 Å². The van der Waals surface area contributed by atoms with Gasteiger partial charge in [-0.1, -0.05) is 23.7 Å². The number of carbonyl (C=O) groups is 1. The highest BCUT2D eigenvalue weighted by molar-refractivity contribution is 6.30. The quantitative estimate of drug-likeness (QED) is 0.840. The van der Waals surface area contributed by atoms with Gasteiger partial charge in [0.1, 0.15) is 0 Å². The molecule has 0 aliphatic carbocycles. The molecule has 0 unspecified atom stereocenters. The van der Waals surface area contributed by atoms with Gasteiger partial charge in [-0.3, -0.25) is 10.1 Å². The number of methoxy groups -OCH3 is 1. The summed E-state index contributed by atoms with van der Waals surface area (Å²) in [5.41, 5.74) is 0.831. The molecule has 7 heteroatoms. The Bertz CT molecular complexity index is 609. The molecule has 2 rings (SSSR count). The van der Waals surface area contributed by atoms with Gasteiger partial charge in [0.25, 0.3) is 5.91 Å². The number of aromatic amines is 1. The number of nitrogens with zero attached hydrogens (tertiary/aromatic N) is 2. The van der Waals surface area contributed by atoms with Gasteiger partial charge in [0, 0.05) is 11.1 Å². The molecular weight excluding hydrogens is 268 g/mol. The second-order valence-electron chi connectivity index (χ2n) is 3.55. The van der Waals surface area contributed by atoms with Crippen LogP contribution in [0.2, 0.25) is 5.02 Å². The summed E-state index contributed by atoms with van der Waals surface area (Å²) in [4.78, 5) is 15.5. The number of hydrogen-bond donors (Lipinski definition) is 2. The summed E-state index contributed by atoms with van der Waals surface area (Å²) < 4.78 is 4.78. The normalized spacial score (nSPS) is 10.6. The number of aromatic nitrogens is 3. The third-order valence-corrected chi connectivity index (χ3v) is 2.40. The number of halogens is 1. The Hall–Kier alpha value is -2.34. The van der Waals surface area contributed by atoms with Crippen LogP contribution in [-0.2, 0) is 4.79 Å². The molecule has 1 aromatic heterocycles. The van der Waals surface area contributed by atoms with Crippen molar-refractivity contribution in [2.75, 3.05) is 12.4 Å². The van der Waals surface area contributed by atoms with E-state index in [9.17, 15) is 4.79 Å². The molecule has 0 spiro atoms. The summed E-state index contributed by atoms with van der Waals surface area (Å²) in [6.45, 7) is 0. The fraction of sp³-hybridized carbons (Fsp3) is 0.0833. The molecule has 2 aromatic rings. The zero-order chi connectivity index (χ0) is 13.7. The number of carbonyl (C=O) groups excluding carboxylic acids is 1. The molecule has 1 amide bonds. The van der Waals surface area contributed by atoms with Crippen LogP contribution in [0.3, 0.4) is 0 Å². The minimum absolute atomic E-state index is 0.161. The first-order valence-electron chi connectivity index (χ1n) is 5.38. The second kappa shape index (κ2) is 6.01. The summed E-state index contributed by atoms with van der Waals surface area (Å²) in [5.74, 6) is -0.114. The lowest BCUT2D eigenvalue weighted by molar-refractivity contribution is -0.111. The van der Waals surface area contributed by atoms with Gasteiger partial charge in [-0.15, -0.1) is 5.10 Å². The van der Waals surface area contributed by atoms with Crippen molar-refractivity contribution in [2.24, 2.45) is 0 Å². The standard InChI is InChI=1S/C12H11ClN4O2/c1-19-12-15-11(16-17-12)14-10(18)6-5-8-3-2-4-9(13)7-8/h2-7H,1H3,(H2,14,15,16,17,18)/b6-5+. The Balaban J connectivity index is 1.97. The summed E-state index contributed by atoms with van der Waals surface area (Å²) in [5, 5.41) is 9.35. The monoisotopic (exact) mass is 278 g/mol. The molecule has 0 aliphatic heterocycles. The van der Waals surface area contributed by atoms with E-state index in [2.05, 4.69) is 20.5 Å². The third-order valence-electron chi connectivity index (χ3n) is 2.16. The first-order chi connectivity index (χ1) is 9.17. The molecule has 98 valence electrons. The van der Waals surface area contributed by atoms with Gasteiger partial charge in [-0.2, -0.15) is 4.98 Å². The molecule has 0 fully saturated rings. The Morgan fingerprint density at radius 2 is 2.37 bits per heavy atom. The van der Waals surface area contributed by atoms with E-state index >= 15 is 0 Å². The average Bonchev–Trinajstić information content (AvgIpc) is 2.84. The van der Waals surface area contributed by atoms with E-state index in [4.69, 9.17) is 16.3 Å². The fourth-order valence-corrected chi connectivity index (χ4v) is 1.53. The number of anilines is 1. The van der Waals surface area contributed by atoms with Crippen LogP contribution in [-0.4, -0.2) is 28.2 Å². The number of rotatable bonds is 4. The van der Waals surface area contributed by atoms with Crippen LogP contribution in [0, 0.1) is 0 Å². The summed E-state index contributed by atoms with van der Waals surface area (Å²) >= 11 is 5.84. The van der Waals surface area contributed by atoms with Crippen molar-refractivity contribution in [3.63, 3.8) is 0 Å². The molecule has 19 heavy (non-hydrogen) atoms. The molecular formula is C12H11ClN4O2. The van der Waals surface area contributed by atoms with Crippen LogP contribution in [0.25, 0.3) is 6.08 Å². The van der Waals surface area contributed by atoms with Gasteiger partial charge in [-0.25, -0.2) is 5.10 Å². The number of ether oxygens (including phenoxy) is 1. The van der Waals surface area contributed by atoms with Gasteiger partial charge in [0.2, 0.25) is 5.95 Å². The van der Waals surface area contributed by atoms with Crippen molar-refractivity contribution in [2.45, 2.75) is 0 Å². The Morgan fingerprint density at radius 3 is 3.05 bits per heavy atom. The fourth-order valence-electron chi connectivity index (χ4n) is 1.33. The maximum Gasteiger partial charge on any atom is 0.336 e.